The predicted molar refractivity (Wildman–Crippen MR) is 88.6 cm³/mol. The number of H-pyrrole nitrogens is 1. The lowest BCUT2D eigenvalue weighted by Crippen LogP contribution is -2.30. The van der Waals surface area contributed by atoms with Crippen molar-refractivity contribution in [1.29, 1.82) is 0 Å². The zero-order valence-electron chi connectivity index (χ0n) is 12.1. The van der Waals surface area contributed by atoms with E-state index in [1.165, 1.54) is 0 Å². The maximum absolute atomic E-state index is 12.4. The number of amides is 1. The average Bonchev–Trinajstić information content (AvgIpc) is 2.91. The number of aromatic nitrogens is 2. The number of hydrogen-bond donors (Lipinski definition) is 3. The number of rotatable bonds is 3. The molecule has 2 heterocycles. The largest absolute Gasteiger partial charge is 0.344 e. The lowest BCUT2D eigenvalue weighted by molar-refractivity contribution is 0.0933. The van der Waals surface area contributed by atoms with Crippen LogP contribution in [0.25, 0.3) is 0 Å². The topological polar surface area (TPSA) is 69.8 Å². The minimum Gasteiger partial charge on any atom is -0.344 e. The molecule has 2 aromatic rings. The van der Waals surface area contributed by atoms with Crippen molar-refractivity contribution in [3.05, 3.63) is 51.8 Å². The van der Waals surface area contributed by atoms with Gasteiger partial charge in [0, 0.05) is 35.8 Å². The zero-order valence-corrected chi connectivity index (χ0v) is 13.7. The quantitative estimate of drug-likeness (QED) is 0.804. The van der Waals surface area contributed by atoms with E-state index in [0.717, 1.165) is 29.8 Å². The molecule has 0 bridgehead atoms. The number of benzene rings is 1. The molecule has 1 aromatic heterocycles. The molecule has 3 N–H and O–H groups in total. The highest BCUT2D eigenvalue weighted by molar-refractivity contribution is 6.31. The number of halogens is 2. The fourth-order valence-corrected chi connectivity index (χ4v) is 2.88. The fourth-order valence-electron chi connectivity index (χ4n) is 2.58. The van der Waals surface area contributed by atoms with E-state index in [9.17, 15) is 4.79 Å². The second-order valence-corrected chi connectivity index (χ2v) is 5.58. The van der Waals surface area contributed by atoms with Crippen molar-refractivity contribution >= 4 is 29.9 Å². The van der Waals surface area contributed by atoms with Crippen molar-refractivity contribution < 1.29 is 4.79 Å². The lowest BCUT2D eigenvalue weighted by Gasteiger charge is -2.16. The molecule has 3 rings (SSSR count). The van der Waals surface area contributed by atoms with Crippen molar-refractivity contribution in [2.45, 2.75) is 25.9 Å². The molecule has 22 heavy (non-hydrogen) atoms. The summed E-state index contributed by atoms with van der Waals surface area (Å²) in [6.07, 6.45) is 0.871. The van der Waals surface area contributed by atoms with Crippen LogP contribution in [0.2, 0.25) is 5.02 Å². The van der Waals surface area contributed by atoms with Gasteiger partial charge in [-0.15, -0.1) is 12.4 Å². The summed E-state index contributed by atoms with van der Waals surface area (Å²) in [5.74, 6) is -0.177. The molecule has 1 aliphatic rings. The number of hydrogen-bond acceptors (Lipinski definition) is 3. The Morgan fingerprint density at radius 1 is 1.41 bits per heavy atom. The Hall–Kier alpha value is -1.56. The van der Waals surface area contributed by atoms with Crippen LogP contribution in [0.3, 0.4) is 0 Å². The lowest BCUT2D eigenvalue weighted by atomic mass is 10.1. The van der Waals surface area contributed by atoms with Gasteiger partial charge in [-0.2, -0.15) is 5.10 Å². The molecule has 0 aliphatic carbocycles. The van der Waals surface area contributed by atoms with E-state index in [0.29, 0.717) is 17.3 Å². The van der Waals surface area contributed by atoms with Crippen LogP contribution in [0, 0.1) is 0 Å². The summed E-state index contributed by atoms with van der Waals surface area (Å²) >= 11 is 6.16. The van der Waals surface area contributed by atoms with Gasteiger partial charge in [0.2, 0.25) is 0 Å². The number of fused-ring (bicyclic) bond motifs is 1. The molecule has 1 aromatic carbocycles. The Labute approximate surface area is 140 Å². The third-order valence-corrected chi connectivity index (χ3v) is 4.08. The molecule has 1 atom stereocenters. The average molecular weight is 341 g/mol. The number of aromatic amines is 1. The molecular weight excluding hydrogens is 323 g/mol. The molecule has 118 valence electrons. The molecule has 0 fully saturated rings. The van der Waals surface area contributed by atoms with Gasteiger partial charge in [-0.05, 0) is 18.6 Å². The Bertz CT molecular complexity index is 671. The molecule has 1 aliphatic heterocycles. The van der Waals surface area contributed by atoms with Crippen LogP contribution in [0.1, 0.15) is 40.3 Å². The summed E-state index contributed by atoms with van der Waals surface area (Å²) in [7, 11) is 0. The van der Waals surface area contributed by atoms with Crippen LogP contribution in [-0.2, 0) is 13.0 Å². The van der Waals surface area contributed by atoms with Gasteiger partial charge < -0.3 is 10.6 Å². The molecule has 0 saturated carbocycles. The van der Waals surface area contributed by atoms with Gasteiger partial charge in [-0.3, -0.25) is 9.89 Å². The van der Waals surface area contributed by atoms with Crippen molar-refractivity contribution in [2.75, 3.05) is 6.54 Å². The Kier molecular flexibility index (Phi) is 5.45. The first-order chi connectivity index (χ1) is 10.2. The molecular formula is C15H18Cl2N4O. The van der Waals surface area contributed by atoms with E-state index in [4.69, 9.17) is 11.6 Å². The van der Waals surface area contributed by atoms with Crippen LogP contribution >= 0.6 is 24.0 Å². The maximum atomic E-state index is 12.4. The molecule has 7 heteroatoms. The summed E-state index contributed by atoms with van der Waals surface area (Å²) in [4.78, 5) is 12.4. The van der Waals surface area contributed by atoms with Gasteiger partial charge in [0.1, 0.15) is 0 Å². The Morgan fingerprint density at radius 2 is 2.18 bits per heavy atom. The minimum absolute atomic E-state index is 0. The first-order valence-electron chi connectivity index (χ1n) is 6.99. The molecule has 5 nitrogen and oxygen atoms in total. The normalized spacial score (nSPS) is 14.6. The SMILES string of the molecule is CC(NC(=O)c1n[nH]c2c1CNCC2)c1ccccc1Cl.Cl. The highest BCUT2D eigenvalue weighted by Gasteiger charge is 2.23. The Morgan fingerprint density at radius 3 is 2.95 bits per heavy atom. The monoisotopic (exact) mass is 340 g/mol. The van der Waals surface area contributed by atoms with E-state index in [2.05, 4.69) is 20.8 Å². The third-order valence-electron chi connectivity index (χ3n) is 3.74. The van der Waals surface area contributed by atoms with E-state index in [1.807, 2.05) is 31.2 Å². The number of carbonyl (C=O) groups is 1. The summed E-state index contributed by atoms with van der Waals surface area (Å²) in [6, 6.07) is 7.34. The standard InChI is InChI=1S/C15H17ClN4O.ClH/c1-9(10-4-2-3-5-12(10)16)18-15(21)14-11-8-17-7-6-13(11)19-20-14;/h2-5,9,17H,6-8H2,1H3,(H,18,21)(H,19,20);1H. The fraction of sp³-hybridized carbons (Fsp3) is 0.333. The van der Waals surface area contributed by atoms with Gasteiger partial charge in [-0.25, -0.2) is 0 Å². The van der Waals surface area contributed by atoms with Gasteiger partial charge in [0.25, 0.3) is 5.91 Å². The van der Waals surface area contributed by atoms with Crippen LogP contribution in [-0.4, -0.2) is 22.6 Å². The third kappa shape index (κ3) is 3.27. The first-order valence-corrected chi connectivity index (χ1v) is 7.36. The van der Waals surface area contributed by atoms with Gasteiger partial charge >= 0.3 is 0 Å². The Balaban J connectivity index is 0.00000176. The molecule has 1 amide bonds. The summed E-state index contributed by atoms with van der Waals surface area (Å²) < 4.78 is 0. The summed E-state index contributed by atoms with van der Waals surface area (Å²) in [5, 5.41) is 14.0. The van der Waals surface area contributed by atoms with Crippen LogP contribution < -0.4 is 10.6 Å². The highest BCUT2D eigenvalue weighted by Crippen LogP contribution is 2.23. The molecule has 0 spiro atoms. The maximum Gasteiger partial charge on any atom is 0.272 e. The first kappa shape index (κ1) is 16.8. The highest BCUT2D eigenvalue weighted by atomic mass is 35.5. The second kappa shape index (κ2) is 7.13. The predicted octanol–water partition coefficient (Wildman–Crippen LogP) is 2.62. The van der Waals surface area contributed by atoms with E-state index >= 15 is 0 Å². The van der Waals surface area contributed by atoms with Gasteiger partial charge in [0.05, 0.1) is 6.04 Å². The van der Waals surface area contributed by atoms with E-state index in [1.54, 1.807) is 0 Å². The van der Waals surface area contributed by atoms with Gasteiger partial charge in [-0.1, -0.05) is 29.8 Å². The van der Waals surface area contributed by atoms with Crippen molar-refractivity contribution in [1.82, 2.24) is 20.8 Å². The van der Waals surface area contributed by atoms with Crippen LogP contribution in [0.15, 0.2) is 24.3 Å². The van der Waals surface area contributed by atoms with Crippen molar-refractivity contribution in [3.63, 3.8) is 0 Å². The van der Waals surface area contributed by atoms with Crippen molar-refractivity contribution in [3.8, 4) is 0 Å². The molecule has 1 unspecified atom stereocenters. The van der Waals surface area contributed by atoms with Crippen LogP contribution in [0.5, 0.6) is 0 Å². The molecule has 0 radical (unpaired) electrons. The van der Waals surface area contributed by atoms with E-state index < -0.39 is 0 Å². The number of carbonyl (C=O) groups excluding carboxylic acids is 1. The molecule has 0 saturated heterocycles. The summed E-state index contributed by atoms with van der Waals surface area (Å²) in [5.41, 5.74) is 3.38. The smallest absolute Gasteiger partial charge is 0.272 e. The zero-order chi connectivity index (χ0) is 14.8. The summed E-state index contributed by atoms with van der Waals surface area (Å²) in [6.45, 7) is 3.50. The number of nitrogens with zero attached hydrogens (tertiary/aromatic N) is 1. The van der Waals surface area contributed by atoms with Crippen molar-refractivity contribution in [2.24, 2.45) is 0 Å². The van der Waals surface area contributed by atoms with Crippen LogP contribution in [0.4, 0.5) is 0 Å². The van der Waals surface area contributed by atoms with Gasteiger partial charge in [0.15, 0.2) is 5.69 Å². The second-order valence-electron chi connectivity index (χ2n) is 5.17. The van der Waals surface area contributed by atoms with E-state index in [-0.39, 0.29) is 24.4 Å². The number of nitrogens with one attached hydrogen (secondary N) is 3. The minimum atomic E-state index is -0.177.